The summed E-state index contributed by atoms with van der Waals surface area (Å²) in [5.41, 5.74) is 0. The molecule has 3 unspecified atom stereocenters. The summed E-state index contributed by atoms with van der Waals surface area (Å²) in [6, 6.07) is 21.2. The molecule has 1 aliphatic rings. The third kappa shape index (κ3) is 4.86. The van der Waals surface area contributed by atoms with Gasteiger partial charge in [0.2, 0.25) is 0 Å². The Morgan fingerprint density at radius 1 is 1.10 bits per heavy atom. The van der Waals surface area contributed by atoms with E-state index in [1.165, 1.54) is 10.4 Å². The van der Waals surface area contributed by atoms with Gasteiger partial charge in [0, 0.05) is 0 Å². The molecule has 1 aliphatic heterocycles. The Labute approximate surface area is 188 Å². The van der Waals surface area contributed by atoms with Crippen molar-refractivity contribution in [2.75, 3.05) is 0 Å². The van der Waals surface area contributed by atoms with Gasteiger partial charge < -0.3 is 9.16 Å². The fourth-order valence-electron chi connectivity index (χ4n) is 4.92. The van der Waals surface area contributed by atoms with Crippen molar-refractivity contribution >= 4 is 24.7 Å². The van der Waals surface area contributed by atoms with Crippen LogP contribution in [0.3, 0.4) is 0 Å². The molecule has 2 aromatic carbocycles. The molecule has 0 amide bonds. The van der Waals surface area contributed by atoms with Crippen molar-refractivity contribution in [3.8, 4) is 0 Å². The first kappa shape index (κ1) is 23.5. The Hall–Kier alpha value is -2.17. The molecule has 3 atom stereocenters. The maximum absolute atomic E-state index is 12.5. The second-order valence-electron chi connectivity index (χ2n) is 9.51. The Bertz CT molecular complexity index is 818. The van der Waals surface area contributed by atoms with Gasteiger partial charge in [-0.05, 0) is 40.6 Å². The number of ether oxygens (including phenoxy) is 1. The van der Waals surface area contributed by atoms with Gasteiger partial charge in [0.05, 0.1) is 12.5 Å². The molecular weight excluding hydrogens is 400 g/mol. The summed E-state index contributed by atoms with van der Waals surface area (Å²) in [4.78, 5) is 12.5. The Balaban J connectivity index is 2.10. The first-order valence-electron chi connectivity index (χ1n) is 11.4. The molecule has 31 heavy (non-hydrogen) atoms. The Morgan fingerprint density at radius 2 is 1.65 bits per heavy atom. The predicted molar refractivity (Wildman–Crippen MR) is 130 cm³/mol. The largest absolute Gasteiger partial charge is 0.459 e. The molecule has 2 aromatic rings. The minimum atomic E-state index is -2.73. The van der Waals surface area contributed by atoms with Crippen molar-refractivity contribution in [2.45, 2.75) is 70.6 Å². The fraction of sp³-hybridized carbons (Fsp3) is 0.444. The van der Waals surface area contributed by atoms with Gasteiger partial charge >= 0.3 is 5.97 Å². The number of carbonyl (C=O) groups excluding carboxylic acids is 1. The number of esters is 1. The van der Waals surface area contributed by atoms with Gasteiger partial charge in [0.1, 0.15) is 6.10 Å². The lowest BCUT2D eigenvalue weighted by Gasteiger charge is -2.45. The predicted octanol–water partition coefficient (Wildman–Crippen LogP) is 5.24. The number of hydrogen-bond acceptors (Lipinski definition) is 3. The van der Waals surface area contributed by atoms with Crippen molar-refractivity contribution in [2.24, 2.45) is 5.92 Å². The van der Waals surface area contributed by atoms with E-state index in [2.05, 4.69) is 82.8 Å². The molecule has 3 rings (SSSR count). The second-order valence-corrected chi connectivity index (χ2v) is 13.8. The van der Waals surface area contributed by atoms with Crippen LogP contribution in [0.25, 0.3) is 0 Å². The summed E-state index contributed by atoms with van der Waals surface area (Å²) in [6.07, 6.45) is 4.63. The van der Waals surface area contributed by atoms with Crippen LogP contribution in [0.2, 0.25) is 5.04 Å². The lowest BCUT2D eigenvalue weighted by atomic mass is 9.91. The number of rotatable bonds is 9. The third-order valence-corrected chi connectivity index (χ3v) is 11.5. The molecule has 3 nitrogen and oxygen atoms in total. The average Bonchev–Trinajstić information content (AvgIpc) is 3.13. The summed E-state index contributed by atoms with van der Waals surface area (Å²) in [6.45, 7) is 12.8. The second kappa shape index (κ2) is 9.97. The first-order chi connectivity index (χ1) is 14.8. The highest BCUT2D eigenvalue weighted by Gasteiger charge is 2.54. The van der Waals surface area contributed by atoms with Crippen molar-refractivity contribution in [3.05, 3.63) is 73.3 Å². The van der Waals surface area contributed by atoms with E-state index in [1.807, 2.05) is 18.2 Å². The summed E-state index contributed by atoms with van der Waals surface area (Å²) in [7, 11) is -2.73. The molecule has 0 aliphatic carbocycles. The van der Waals surface area contributed by atoms with Crippen molar-refractivity contribution in [3.63, 3.8) is 0 Å². The van der Waals surface area contributed by atoms with Gasteiger partial charge in [0.25, 0.3) is 8.32 Å². The maximum atomic E-state index is 12.5. The summed E-state index contributed by atoms with van der Waals surface area (Å²) in [5.74, 6) is 0.123. The number of cyclic esters (lactones) is 1. The van der Waals surface area contributed by atoms with Crippen LogP contribution in [0.1, 0.15) is 53.4 Å². The Morgan fingerprint density at radius 3 is 2.10 bits per heavy atom. The number of benzene rings is 2. The molecule has 0 aromatic heterocycles. The molecule has 166 valence electrons. The van der Waals surface area contributed by atoms with E-state index in [0.29, 0.717) is 6.42 Å². The zero-order chi connectivity index (χ0) is 22.5. The number of hydrogen-bond donors (Lipinski definition) is 0. The van der Waals surface area contributed by atoms with E-state index in [0.717, 1.165) is 19.3 Å². The van der Waals surface area contributed by atoms with Crippen LogP contribution >= 0.6 is 0 Å². The maximum Gasteiger partial charge on any atom is 0.308 e. The number of carbonyl (C=O) groups is 1. The van der Waals surface area contributed by atoms with Crippen LogP contribution in [-0.4, -0.2) is 26.5 Å². The van der Waals surface area contributed by atoms with E-state index < -0.39 is 8.32 Å². The fourth-order valence-corrected chi connectivity index (χ4v) is 9.60. The minimum absolute atomic E-state index is 0.130. The van der Waals surface area contributed by atoms with Gasteiger partial charge in [-0.1, -0.05) is 94.4 Å². The van der Waals surface area contributed by atoms with E-state index in [9.17, 15) is 4.79 Å². The smallest absolute Gasteiger partial charge is 0.308 e. The molecule has 4 heteroatoms. The van der Waals surface area contributed by atoms with Crippen LogP contribution in [0.5, 0.6) is 0 Å². The number of allylic oxidation sites excluding steroid dienone is 1. The topological polar surface area (TPSA) is 35.5 Å². The van der Waals surface area contributed by atoms with Gasteiger partial charge in [-0.25, -0.2) is 0 Å². The first-order valence-corrected chi connectivity index (χ1v) is 13.3. The van der Waals surface area contributed by atoms with E-state index in [1.54, 1.807) is 0 Å². The zero-order valence-electron chi connectivity index (χ0n) is 19.3. The zero-order valence-corrected chi connectivity index (χ0v) is 20.3. The van der Waals surface area contributed by atoms with Crippen molar-refractivity contribution < 1.29 is 14.0 Å². The molecule has 1 heterocycles. The van der Waals surface area contributed by atoms with E-state index in [-0.39, 0.29) is 29.1 Å². The Kier molecular flexibility index (Phi) is 7.55. The highest BCUT2D eigenvalue weighted by molar-refractivity contribution is 6.99. The third-order valence-electron chi connectivity index (χ3n) is 6.48. The van der Waals surface area contributed by atoms with Crippen LogP contribution in [0, 0.1) is 5.92 Å². The van der Waals surface area contributed by atoms with Gasteiger partial charge in [0.15, 0.2) is 0 Å². The molecular formula is C27H36O3Si. The monoisotopic (exact) mass is 436 g/mol. The van der Waals surface area contributed by atoms with E-state index in [4.69, 9.17) is 9.16 Å². The molecule has 1 saturated heterocycles. The molecule has 0 bridgehead atoms. The molecule has 1 fully saturated rings. The quantitative estimate of drug-likeness (QED) is 0.306. The van der Waals surface area contributed by atoms with Crippen molar-refractivity contribution in [1.29, 1.82) is 0 Å². The van der Waals surface area contributed by atoms with Gasteiger partial charge in [-0.2, -0.15) is 0 Å². The lowest BCUT2D eigenvalue weighted by Crippen LogP contribution is -2.68. The standard InChI is InChI=1S/C27H36O3Si/c1-6-8-15-21(7-2)26-24(20-25(28)29-26)30-31(27(3,4)5,22-16-11-9-12-17-22)23-18-13-10-14-19-23/h6,9-14,16-19,21,24,26H,1,7-8,15,20H2,2-5H3. The summed E-state index contributed by atoms with van der Waals surface area (Å²) < 4.78 is 13.1. The average molecular weight is 437 g/mol. The van der Waals surface area contributed by atoms with Crippen LogP contribution < -0.4 is 10.4 Å². The molecule has 0 N–H and O–H groups in total. The molecule has 0 spiro atoms. The molecule has 0 saturated carbocycles. The van der Waals surface area contributed by atoms with Crippen LogP contribution in [0.15, 0.2) is 73.3 Å². The normalized spacial score (nSPS) is 20.3. The van der Waals surface area contributed by atoms with Crippen molar-refractivity contribution in [1.82, 2.24) is 0 Å². The summed E-state index contributed by atoms with van der Waals surface area (Å²) in [5, 5.41) is 2.33. The summed E-state index contributed by atoms with van der Waals surface area (Å²) >= 11 is 0. The lowest BCUT2D eigenvalue weighted by molar-refractivity contribution is -0.144. The van der Waals surface area contributed by atoms with Crippen LogP contribution in [-0.2, 0) is 14.0 Å². The molecule has 0 radical (unpaired) electrons. The van der Waals surface area contributed by atoms with Crippen LogP contribution in [0.4, 0.5) is 0 Å². The van der Waals surface area contributed by atoms with E-state index >= 15 is 0 Å². The minimum Gasteiger partial charge on any atom is -0.459 e. The highest BCUT2D eigenvalue weighted by atomic mass is 28.4. The van der Waals surface area contributed by atoms with Gasteiger partial charge in [-0.15, -0.1) is 6.58 Å². The van der Waals surface area contributed by atoms with Gasteiger partial charge in [-0.3, -0.25) is 4.79 Å². The SMILES string of the molecule is C=CCCC(CC)C1OC(=O)CC1O[Si](c1ccccc1)(c1ccccc1)C(C)(C)C. The highest BCUT2D eigenvalue weighted by Crippen LogP contribution is 2.40.